The zero-order valence-corrected chi connectivity index (χ0v) is 10.3. The van der Waals surface area contributed by atoms with Gasteiger partial charge in [0.25, 0.3) is 0 Å². The predicted molar refractivity (Wildman–Crippen MR) is 67.0 cm³/mol. The number of hydrogen-bond acceptors (Lipinski definition) is 4. The molecule has 0 aromatic rings. The molecule has 6 heteroatoms. The van der Waals surface area contributed by atoms with E-state index in [-0.39, 0.29) is 6.61 Å². The summed E-state index contributed by atoms with van der Waals surface area (Å²) in [4.78, 5) is 14.9. The van der Waals surface area contributed by atoms with Crippen LogP contribution in [0.3, 0.4) is 0 Å². The highest BCUT2D eigenvalue weighted by molar-refractivity contribution is 5.78. The number of hydrogen-bond donors (Lipinski definition) is 3. The first-order valence-electron chi connectivity index (χ1n) is 5.35. The lowest BCUT2D eigenvalue weighted by Crippen LogP contribution is -2.51. The van der Waals surface area contributed by atoms with Gasteiger partial charge in [0.15, 0.2) is 0 Å². The lowest BCUT2D eigenvalue weighted by atomic mass is 9.96. The van der Waals surface area contributed by atoms with Gasteiger partial charge in [0.1, 0.15) is 5.54 Å². The maximum atomic E-state index is 11.0. The number of aliphatic imine (C=N–C) groups is 1. The summed E-state index contributed by atoms with van der Waals surface area (Å²) in [6.45, 7) is 2.20. The van der Waals surface area contributed by atoms with Crippen LogP contribution in [-0.4, -0.2) is 42.7 Å². The van der Waals surface area contributed by atoms with Crippen LogP contribution >= 0.6 is 0 Å². The first-order chi connectivity index (χ1) is 7.92. The molecule has 6 nitrogen and oxygen atoms in total. The molecular weight excluding hydrogens is 222 g/mol. The summed E-state index contributed by atoms with van der Waals surface area (Å²) in [5.41, 5.74) is 9.74. The number of methoxy groups -OCH3 is 1. The highest BCUT2D eigenvalue weighted by Gasteiger charge is 2.32. The Kier molecular flexibility index (Phi) is 7.16. The molecule has 0 heterocycles. The van der Waals surface area contributed by atoms with Crippen molar-refractivity contribution in [2.45, 2.75) is 25.3 Å². The van der Waals surface area contributed by atoms with Gasteiger partial charge in [-0.2, -0.15) is 0 Å². The fourth-order valence-corrected chi connectivity index (χ4v) is 1.23. The summed E-state index contributed by atoms with van der Waals surface area (Å²) in [6, 6.07) is 0. The molecule has 0 saturated carbocycles. The molecule has 1 atom stereocenters. The minimum absolute atomic E-state index is 0.00374. The number of carboxylic acids is 1. The molecule has 0 aromatic carbocycles. The summed E-state index contributed by atoms with van der Waals surface area (Å²) in [5.74, 6) is -0.531. The third kappa shape index (κ3) is 6.70. The van der Waals surface area contributed by atoms with Crippen molar-refractivity contribution in [3.05, 3.63) is 12.2 Å². The number of aliphatic carboxylic acids is 1. The quantitative estimate of drug-likeness (QED) is 0.319. The lowest BCUT2D eigenvalue weighted by molar-refractivity contribution is -0.145. The highest BCUT2D eigenvalue weighted by Crippen LogP contribution is 2.11. The average Bonchev–Trinajstić information content (AvgIpc) is 2.23. The Hall–Kier alpha value is -1.40. The zero-order chi connectivity index (χ0) is 13.3. The van der Waals surface area contributed by atoms with Crippen LogP contribution in [0.25, 0.3) is 0 Å². The topological polar surface area (TPSA) is 111 Å². The number of nitrogens with two attached hydrogens (primary N) is 2. The average molecular weight is 243 g/mol. The van der Waals surface area contributed by atoms with Crippen LogP contribution in [0, 0.1) is 0 Å². The Morgan fingerprint density at radius 1 is 1.53 bits per heavy atom. The molecular formula is C11H21N3O3. The molecule has 0 aliphatic heterocycles. The maximum absolute atomic E-state index is 11.0. The molecule has 17 heavy (non-hydrogen) atoms. The standard InChI is InChI=1S/C11H21N3O3/c1-9(12)14-7-5-3-4-6-11(13,8-17-2)10(15)16/h3,5H,4,6-8,13H2,1-2H3,(H2,12,14)(H,15,16)/t11-/m0/s1. The van der Waals surface area contributed by atoms with Gasteiger partial charge >= 0.3 is 5.97 Å². The van der Waals surface area contributed by atoms with Gasteiger partial charge in [-0.3, -0.25) is 9.79 Å². The summed E-state index contributed by atoms with van der Waals surface area (Å²) < 4.78 is 4.81. The minimum atomic E-state index is -1.33. The summed E-state index contributed by atoms with van der Waals surface area (Å²) in [5, 5.41) is 8.97. The van der Waals surface area contributed by atoms with E-state index >= 15 is 0 Å². The van der Waals surface area contributed by atoms with Gasteiger partial charge in [0.05, 0.1) is 19.0 Å². The van der Waals surface area contributed by atoms with Crippen molar-refractivity contribution >= 4 is 11.8 Å². The Labute approximate surface area is 101 Å². The summed E-state index contributed by atoms with van der Waals surface area (Å²) in [7, 11) is 1.43. The molecule has 5 N–H and O–H groups in total. The Morgan fingerprint density at radius 3 is 2.65 bits per heavy atom. The van der Waals surface area contributed by atoms with Crippen molar-refractivity contribution in [1.29, 1.82) is 0 Å². The number of allylic oxidation sites excluding steroid dienone is 1. The summed E-state index contributed by atoms with van der Waals surface area (Å²) in [6.07, 6.45) is 4.54. The highest BCUT2D eigenvalue weighted by atomic mass is 16.5. The van der Waals surface area contributed by atoms with E-state index in [2.05, 4.69) is 4.99 Å². The molecule has 0 unspecified atom stereocenters. The first kappa shape index (κ1) is 15.6. The molecule has 0 radical (unpaired) electrons. The van der Waals surface area contributed by atoms with E-state index < -0.39 is 11.5 Å². The molecule has 0 spiro atoms. The van der Waals surface area contributed by atoms with Crippen molar-refractivity contribution in [3.63, 3.8) is 0 Å². The van der Waals surface area contributed by atoms with Gasteiger partial charge in [-0.05, 0) is 19.8 Å². The molecule has 0 bridgehead atoms. The van der Waals surface area contributed by atoms with Crippen LogP contribution in [0.5, 0.6) is 0 Å². The van der Waals surface area contributed by atoms with E-state index in [0.717, 1.165) is 0 Å². The molecule has 0 saturated heterocycles. The largest absolute Gasteiger partial charge is 0.480 e. The zero-order valence-electron chi connectivity index (χ0n) is 10.3. The first-order valence-corrected chi connectivity index (χ1v) is 5.35. The monoisotopic (exact) mass is 243 g/mol. The molecule has 0 fully saturated rings. The minimum Gasteiger partial charge on any atom is -0.480 e. The van der Waals surface area contributed by atoms with Gasteiger partial charge in [0, 0.05) is 7.11 Å². The van der Waals surface area contributed by atoms with Crippen molar-refractivity contribution in [2.75, 3.05) is 20.3 Å². The smallest absolute Gasteiger partial charge is 0.326 e. The Balaban J connectivity index is 4.07. The van der Waals surface area contributed by atoms with Crippen LogP contribution in [0.4, 0.5) is 0 Å². The fraction of sp³-hybridized carbons (Fsp3) is 0.636. The SMILES string of the molecule is COC[C@@](N)(CCC=CCN=C(C)N)C(=O)O. The van der Waals surface area contributed by atoms with Crippen LogP contribution < -0.4 is 11.5 Å². The third-order valence-electron chi connectivity index (χ3n) is 2.20. The second-order valence-electron chi connectivity index (χ2n) is 3.89. The molecule has 98 valence electrons. The van der Waals surface area contributed by atoms with Crippen molar-refractivity contribution < 1.29 is 14.6 Å². The molecule has 0 aliphatic rings. The van der Waals surface area contributed by atoms with Gasteiger partial charge in [0.2, 0.25) is 0 Å². The molecule has 0 rings (SSSR count). The van der Waals surface area contributed by atoms with Crippen LogP contribution in [0.2, 0.25) is 0 Å². The second-order valence-corrected chi connectivity index (χ2v) is 3.89. The molecule has 0 aromatic heterocycles. The van der Waals surface area contributed by atoms with Gasteiger partial charge in [-0.1, -0.05) is 12.2 Å². The van der Waals surface area contributed by atoms with Gasteiger partial charge < -0.3 is 21.3 Å². The fourth-order valence-electron chi connectivity index (χ4n) is 1.23. The third-order valence-corrected chi connectivity index (χ3v) is 2.20. The van der Waals surface area contributed by atoms with Gasteiger partial charge in [-0.15, -0.1) is 0 Å². The number of rotatable bonds is 8. The van der Waals surface area contributed by atoms with Crippen molar-refractivity contribution in [2.24, 2.45) is 16.5 Å². The van der Waals surface area contributed by atoms with E-state index in [9.17, 15) is 4.79 Å². The Morgan fingerprint density at radius 2 is 2.18 bits per heavy atom. The number of amidine groups is 1. The normalized spacial score (nSPS) is 16.1. The molecule has 0 aliphatic carbocycles. The number of nitrogens with zero attached hydrogens (tertiary/aromatic N) is 1. The van der Waals surface area contributed by atoms with E-state index in [4.69, 9.17) is 21.3 Å². The maximum Gasteiger partial charge on any atom is 0.326 e. The van der Waals surface area contributed by atoms with E-state index in [0.29, 0.717) is 25.2 Å². The number of carbonyl (C=O) groups is 1. The van der Waals surface area contributed by atoms with Crippen LogP contribution in [0.1, 0.15) is 19.8 Å². The number of ether oxygens (including phenoxy) is 1. The van der Waals surface area contributed by atoms with Gasteiger partial charge in [-0.25, -0.2) is 0 Å². The Bertz CT molecular complexity index is 298. The van der Waals surface area contributed by atoms with E-state index in [1.165, 1.54) is 7.11 Å². The van der Waals surface area contributed by atoms with E-state index in [1.54, 1.807) is 6.92 Å². The van der Waals surface area contributed by atoms with Crippen LogP contribution in [0.15, 0.2) is 17.1 Å². The van der Waals surface area contributed by atoms with Crippen LogP contribution in [-0.2, 0) is 9.53 Å². The predicted octanol–water partition coefficient (Wildman–Crippen LogP) is 0.128. The lowest BCUT2D eigenvalue weighted by Gasteiger charge is -2.22. The summed E-state index contributed by atoms with van der Waals surface area (Å²) >= 11 is 0. The van der Waals surface area contributed by atoms with Crippen molar-refractivity contribution in [3.8, 4) is 0 Å². The second kappa shape index (κ2) is 7.81. The van der Waals surface area contributed by atoms with Crippen molar-refractivity contribution in [1.82, 2.24) is 0 Å². The number of carboxylic acid groups (broad SMARTS) is 1. The molecule has 0 amide bonds. The van der Waals surface area contributed by atoms with E-state index in [1.807, 2.05) is 12.2 Å².